The lowest BCUT2D eigenvalue weighted by atomic mass is 9.82. The molecule has 0 saturated carbocycles. The van der Waals surface area contributed by atoms with Crippen molar-refractivity contribution in [2.24, 2.45) is 0 Å². The molecule has 10 aromatic rings. The lowest BCUT2D eigenvalue weighted by Crippen LogP contribution is -2.15. The zero-order chi connectivity index (χ0) is 33.1. The zero-order valence-electron chi connectivity index (χ0n) is 27.8. The molecule has 50 heavy (non-hydrogen) atoms. The number of fused-ring (bicyclic) bond motifs is 13. The highest BCUT2D eigenvalue weighted by Crippen LogP contribution is 2.51. The lowest BCUT2D eigenvalue weighted by molar-refractivity contribution is 0.661. The first kappa shape index (κ1) is 27.6. The quantitative estimate of drug-likeness (QED) is 0.177. The van der Waals surface area contributed by atoms with Crippen LogP contribution in [0.25, 0.3) is 93.4 Å². The van der Waals surface area contributed by atoms with E-state index in [2.05, 4.69) is 170 Å². The minimum Gasteiger partial charge on any atom is -0.278 e. The van der Waals surface area contributed by atoms with Gasteiger partial charge in [-0.3, -0.25) is 4.57 Å². The normalized spacial score (nSPS) is 13.6. The maximum atomic E-state index is 5.43. The Morgan fingerprint density at radius 1 is 0.420 bits per heavy atom. The van der Waals surface area contributed by atoms with Gasteiger partial charge in [-0.2, -0.15) is 0 Å². The summed E-state index contributed by atoms with van der Waals surface area (Å²) in [7, 11) is 0. The monoisotopic (exact) mass is 637 g/mol. The fourth-order valence-corrected chi connectivity index (χ4v) is 8.80. The van der Waals surface area contributed by atoms with Crippen molar-refractivity contribution in [2.45, 2.75) is 19.3 Å². The third-order valence-corrected chi connectivity index (χ3v) is 11.2. The van der Waals surface area contributed by atoms with Gasteiger partial charge in [0.1, 0.15) is 0 Å². The molecule has 0 atom stereocenters. The van der Waals surface area contributed by atoms with E-state index in [1.54, 1.807) is 0 Å². The number of para-hydroxylation sites is 1. The summed E-state index contributed by atoms with van der Waals surface area (Å²) >= 11 is 0. The van der Waals surface area contributed by atoms with Crippen molar-refractivity contribution in [3.63, 3.8) is 0 Å². The van der Waals surface area contributed by atoms with Gasteiger partial charge in [-0.25, -0.2) is 9.97 Å². The Morgan fingerprint density at radius 2 is 0.980 bits per heavy atom. The van der Waals surface area contributed by atoms with E-state index < -0.39 is 0 Å². The maximum absolute atomic E-state index is 5.43. The molecule has 234 valence electrons. The van der Waals surface area contributed by atoms with Crippen LogP contribution in [0, 0.1) is 0 Å². The number of aromatic nitrogens is 3. The van der Waals surface area contributed by atoms with Gasteiger partial charge >= 0.3 is 0 Å². The first-order valence-electron chi connectivity index (χ1n) is 17.3. The lowest BCUT2D eigenvalue weighted by Gasteiger charge is -2.21. The number of hydrogen-bond acceptors (Lipinski definition) is 2. The summed E-state index contributed by atoms with van der Waals surface area (Å²) < 4.78 is 2.33. The Bertz CT molecular complexity index is 3060. The van der Waals surface area contributed by atoms with Crippen LogP contribution in [-0.4, -0.2) is 14.5 Å². The Hall–Kier alpha value is -6.32. The van der Waals surface area contributed by atoms with E-state index in [1.165, 1.54) is 65.3 Å². The summed E-state index contributed by atoms with van der Waals surface area (Å²) in [6, 6.07) is 55.1. The van der Waals surface area contributed by atoms with E-state index >= 15 is 0 Å². The molecule has 0 radical (unpaired) electrons. The first-order valence-corrected chi connectivity index (χ1v) is 17.3. The SMILES string of the molecule is CC1(C)c2ccccc2-c2cc3c4cc5c6ccccc6c6ccccc6c5cc4n(-c4nc(-c5ccccc5)c5ccccc5n4)c3cc21. The Morgan fingerprint density at radius 3 is 1.72 bits per heavy atom. The zero-order valence-corrected chi connectivity index (χ0v) is 27.8. The second-order valence-corrected chi connectivity index (χ2v) is 14.2. The van der Waals surface area contributed by atoms with Crippen molar-refractivity contribution in [3.05, 3.63) is 163 Å². The fraction of sp³-hybridized carbons (Fsp3) is 0.0638. The van der Waals surface area contributed by atoms with Crippen molar-refractivity contribution >= 4 is 65.0 Å². The fourth-order valence-electron chi connectivity index (χ4n) is 8.80. The van der Waals surface area contributed by atoms with Gasteiger partial charge in [0.25, 0.3) is 0 Å². The van der Waals surface area contributed by atoms with Crippen LogP contribution < -0.4 is 0 Å². The van der Waals surface area contributed by atoms with Crippen LogP contribution in [0.1, 0.15) is 25.0 Å². The third-order valence-electron chi connectivity index (χ3n) is 11.2. The Balaban J connectivity index is 1.34. The standard InChI is InChI=1S/C47H31N3/c1-47(2)40-22-12-10-20-33(40)37-25-39-38-24-35-31-18-8-6-16-29(31)30-17-7-9-19-32(30)36(35)26-43(38)50(44(39)27-41(37)47)46-48-42-23-13-11-21-34(42)45(49-46)28-14-4-3-5-15-28/h3-27H,1-2H3. The van der Waals surface area contributed by atoms with Crippen molar-refractivity contribution in [2.75, 3.05) is 0 Å². The molecule has 0 spiro atoms. The molecule has 0 bridgehead atoms. The van der Waals surface area contributed by atoms with Gasteiger partial charge in [0.15, 0.2) is 0 Å². The van der Waals surface area contributed by atoms with Gasteiger partial charge in [-0.1, -0.05) is 135 Å². The summed E-state index contributed by atoms with van der Waals surface area (Å²) in [6.45, 7) is 4.70. The predicted molar refractivity (Wildman–Crippen MR) is 209 cm³/mol. The van der Waals surface area contributed by atoms with Gasteiger partial charge in [0.05, 0.1) is 22.2 Å². The third kappa shape index (κ3) is 3.64. The molecule has 3 nitrogen and oxygen atoms in total. The molecule has 1 aliphatic rings. The minimum absolute atomic E-state index is 0.141. The molecule has 0 aliphatic heterocycles. The Kier molecular flexibility index (Phi) is 5.45. The van der Waals surface area contributed by atoms with Crippen LogP contribution in [0.3, 0.4) is 0 Å². The molecule has 0 fully saturated rings. The van der Waals surface area contributed by atoms with Crippen molar-refractivity contribution in [1.29, 1.82) is 0 Å². The molecule has 0 saturated heterocycles. The molecule has 2 heterocycles. The number of nitrogens with zero attached hydrogens (tertiary/aromatic N) is 3. The molecule has 1 aliphatic carbocycles. The molecule has 2 aromatic heterocycles. The van der Waals surface area contributed by atoms with Crippen molar-refractivity contribution in [3.8, 4) is 28.3 Å². The average molecular weight is 638 g/mol. The smallest absolute Gasteiger partial charge is 0.235 e. The van der Waals surface area contributed by atoms with E-state index in [0.29, 0.717) is 5.95 Å². The van der Waals surface area contributed by atoms with Crippen molar-refractivity contribution < 1.29 is 0 Å². The largest absolute Gasteiger partial charge is 0.278 e. The summed E-state index contributed by atoms with van der Waals surface area (Å²) in [5, 5.41) is 11.0. The maximum Gasteiger partial charge on any atom is 0.235 e. The van der Waals surface area contributed by atoms with E-state index in [0.717, 1.165) is 33.2 Å². The van der Waals surface area contributed by atoms with E-state index in [4.69, 9.17) is 9.97 Å². The van der Waals surface area contributed by atoms with Crippen LogP contribution in [0.15, 0.2) is 152 Å². The van der Waals surface area contributed by atoms with Gasteiger partial charge < -0.3 is 0 Å². The molecule has 11 rings (SSSR count). The highest BCUT2D eigenvalue weighted by Gasteiger charge is 2.36. The highest BCUT2D eigenvalue weighted by molar-refractivity contribution is 6.29. The predicted octanol–water partition coefficient (Wildman–Crippen LogP) is 12.2. The number of rotatable bonds is 2. The first-order chi connectivity index (χ1) is 24.6. The minimum atomic E-state index is -0.141. The topological polar surface area (TPSA) is 30.7 Å². The number of hydrogen-bond donors (Lipinski definition) is 0. The average Bonchev–Trinajstić information content (AvgIpc) is 3.60. The summed E-state index contributed by atoms with van der Waals surface area (Å²) in [4.78, 5) is 10.7. The van der Waals surface area contributed by atoms with Gasteiger partial charge in [0, 0.05) is 27.1 Å². The van der Waals surface area contributed by atoms with E-state index in [1.807, 2.05) is 0 Å². The van der Waals surface area contributed by atoms with Crippen LogP contribution >= 0.6 is 0 Å². The molecular formula is C47H31N3. The molecule has 0 unspecified atom stereocenters. The van der Waals surface area contributed by atoms with Crippen LogP contribution in [0.5, 0.6) is 0 Å². The Labute approximate surface area is 289 Å². The van der Waals surface area contributed by atoms with Gasteiger partial charge in [-0.05, 0) is 84.9 Å². The van der Waals surface area contributed by atoms with E-state index in [-0.39, 0.29) is 5.41 Å². The van der Waals surface area contributed by atoms with E-state index in [9.17, 15) is 0 Å². The van der Waals surface area contributed by atoms with Crippen LogP contribution in [0.2, 0.25) is 0 Å². The van der Waals surface area contributed by atoms with Crippen LogP contribution in [0.4, 0.5) is 0 Å². The second-order valence-electron chi connectivity index (χ2n) is 14.2. The van der Waals surface area contributed by atoms with Crippen molar-refractivity contribution in [1.82, 2.24) is 14.5 Å². The summed E-state index contributed by atoms with van der Waals surface area (Å²) in [5.41, 5.74) is 10.4. The molecule has 3 heteroatoms. The summed E-state index contributed by atoms with van der Waals surface area (Å²) in [6.07, 6.45) is 0. The molecular weight excluding hydrogens is 607 g/mol. The molecule has 0 N–H and O–H groups in total. The van der Waals surface area contributed by atoms with Crippen LogP contribution in [-0.2, 0) is 5.41 Å². The second kappa shape index (κ2) is 9.87. The highest BCUT2D eigenvalue weighted by atomic mass is 15.2. The molecule has 8 aromatic carbocycles. The number of benzene rings is 8. The molecule has 0 amide bonds. The summed E-state index contributed by atoms with van der Waals surface area (Å²) in [5.74, 6) is 0.681. The van der Waals surface area contributed by atoms with Gasteiger partial charge in [0.2, 0.25) is 5.95 Å². The van der Waals surface area contributed by atoms with Gasteiger partial charge in [-0.15, -0.1) is 0 Å².